The lowest BCUT2D eigenvalue weighted by molar-refractivity contribution is 0.102. The van der Waals surface area contributed by atoms with Gasteiger partial charge in [0.15, 0.2) is 11.5 Å². The predicted octanol–water partition coefficient (Wildman–Crippen LogP) is 3.37. The Balaban J connectivity index is 1.76. The van der Waals surface area contributed by atoms with Gasteiger partial charge in [0, 0.05) is 11.8 Å². The Bertz CT molecular complexity index is 774. The van der Waals surface area contributed by atoms with Crippen LogP contribution in [0.25, 0.3) is 11.5 Å². The Morgan fingerprint density at radius 2 is 2.00 bits per heavy atom. The standard InChI is InChI=1S/C15H12FN3O2/c1-9-2-7-14(21-9)12-8-13(19-18-12)15(20)17-11-5-3-10(16)4-6-11/h2-8H,1H3,(H,17,20)(H,18,19). The van der Waals surface area contributed by atoms with Crippen LogP contribution in [0.2, 0.25) is 0 Å². The maximum absolute atomic E-state index is 12.8. The molecule has 0 saturated carbocycles. The molecule has 0 aliphatic carbocycles. The van der Waals surface area contributed by atoms with Crippen molar-refractivity contribution in [3.8, 4) is 11.5 Å². The summed E-state index contributed by atoms with van der Waals surface area (Å²) in [6.45, 7) is 1.84. The largest absolute Gasteiger partial charge is 0.460 e. The van der Waals surface area contributed by atoms with Gasteiger partial charge in [-0.2, -0.15) is 5.10 Å². The molecule has 0 spiro atoms. The van der Waals surface area contributed by atoms with E-state index in [9.17, 15) is 9.18 Å². The van der Waals surface area contributed by atoms with Crippen LogP contribution in [0, 0.1) is 12.7 Å². The van der Waals surface area contributed by atoms with E-state index in [2.05, 4.69) is 15.5 Å². The van der Waals surface area contributed by atoms with Crippen LogP contribution >= 0.6 is 0 Å². The second kappa shape index (κ2) is 5.24. The number of nitrogens with one attached hydrogen (secondary N) is 2. The van der Waals surface area contributed by atoms with Gasteiger partial charge in [-0.3, -0.25) is 9.89 Å². The second-order valence-corrected chi connectivity index (χ2v) is 4.54. The van der Waals surface area contributed by atoms with Crippen LogP contribution in [0.3, 0.4) is 0 Å². The third-order valence-corrected chi connectivity index (χ3v) is 2.92. The normalized spacial score (nSPS) is 10.6. The molecule has 0 aliphatic heterocycles. The van der Waals surface area contributed by atoms with Crippen molar-refractivity contribution in [2.24, 2.45) is 0 Å². The zero-order chi connectivity index (χ0) is 14.8. The first-order chi connectivity index (χ1) is 10.1. The fourth-order valence-corrected chi connectivity index (χ4v) is 1.87. The number of carbonyl (C=O) groups excluding carboxylic acids is 1. The molecule has 2 heterocycles. The number of hydrogen-bond acceptors (Lipinski definition) is 3. The van der Waals surface area contributed by atoms with Gasteiger partial charge in [-0.1, -0.05) is 0 Å². The summed E-state index contributed by atoms with van der Waals surface area (Å²) in [5.41, 5.74) is 1.34. The summed E-state index contributed by atoms with van der Waals surface area (Å²) in [7, 11) is 0. The first-order valence-corrected chi connectivity index (χ1v) is 6.31. The lowest BCUT2D eigenvalue weighted by Crippen LogP contribution is -2.12. The number of carbonyl (C=O) groups is 1. The fraction of sp³-hybridized carbons (Fsp3) is 0.0667. The summed E-state index contributed by atoms with van der Waals surface area (Å²) in [5, 5.41) is 9.33. The van der Waals surface area contributed by atoms with Gasteiger partial charge in [-0.15, -0.1) is 0 Å². The Kier molecular flexibility index (Phi) is 3.27. The number of aryl methyl sites for hydroxylation is 1. The lowest BCUT2D eigenvalue weighted by atomic mass is 10.2. The fourth-order valence-electron chi connectivity index (χ4n) is 1.87. The molecule has 3 aromatic rings. The van der Waals surface area contributed by atoms with E-state index in [1.165, 1.54) is 24.3 Å². The average molecular weight is 285 g/mol. The van der Waals surface area contributed by atoms with Crippen LogP contribution < -0.4 is 5.32 Å². The molecule has 0 fully saturated rings. The molecule has 0 saturated heterocycles. The summed E-state index contributed by atoms with van der Waals surface area (Å²) in [4.78, 5) is 12.0. The van der Waals surface area contributed by atoms with E-state index in [1.807, 2.05) is 13.0 Å². The monoisotopic (exact) mass is 285 g/mol. The minimum absolute atomic E-state index is 0.225. The summed E-state index contributed by atoms with van der Waals surface area (Å²) < 4.78 is 18.2. The van der Waals surface area contributed by atoms with E-state index in [0.717, 1.165) is 5.76 Å². The van der Waals surface area contributed by atoms with Crippen molar-refractivity contribution < 1.29 is 13.6 Å². The van der Waals surface area contributed by atoms with Crippen molar-refractivity contribution in [3.63, 3.8) is 0 Å². The number of halogens is 1. The molecule has 1 amide bonds. The van der Waals surface area contributed by atoms with Gasteiger partial charge >= 0.3 is 0 Å². The Morgan fingerprint density at radius 1 is 1.24 bits per heavy atom. The van der Waals surface area contributed by atoms with Crippen molar-refractivity contribution in [1.82, 2.24) is 10.2 Å². The quantitative estimate of drug-likeness (QED) is 0.775. The third-order valence-electron chi connectivity index (χ3n) is 2.92. The van der Waals surface area contributed by atoms with E-state index in [1.54, 1.807) is 12.1 Å². The van der Waals surface area contributed by atoms with Gasteiger partial charge in [-0.25, -0.2) is 4.39 Å². The van der Waals surface area contributed by atoms with E-state index < -0.39 is 0 Å². The van der Waals surface area contributed by atoms with E-state index in [4.69, 9.17) is 4.42 Å². The van der Waals surface area contributed by atoms with Gasteiger partial charge in [-0.05, 0) is 43.3 Å². The number of aromatic amines is 1. The summed E-state index contributed by atoms with van der Waals surface area (Å²) >= 11 is 0. The van der Waals surface area contributed by atoms with E-state index in [-0.39, 0.29) is 17.4 Å². The molecule has 2 aromatic heterocycles. The molecule has 5 nitrogen and oxygen atoms in total. The van der Waals surface area contributed by atoms with Gasteiger partial charge in [0.25, 0.3) is 5.91 Å². The molecule has 0 radical (unpaired) electrons. The van der Waals surface area contributed by atoms with Gasteiger partial charge in [0.1, 0.15) is 17.3 Å². The minimum atomic E-state index is -0.382. The molecule has 0 aliphatic rings. The molecule has 106 valence electrons. The summed E-state index contributed by atoms with van der Waals surface area (Å²) in [5.74, 6) is 0.647. The zero-order valence-electron chi connectivity index (χ0n) is 11.2. The Morgan fingerprint density at radius 3 is 2.67 bits per heavy atom. The highest BCUT2D eigenvalue weighted by atomic mass is 19.1. The molecule has 1 aromatic carbocycles. The SMILES string of the molecule is Cc1ccc(-c2cc(C(=O)Nc3ccc(F)cc3)n[nH]2)o1. The lowest BCUT2D eigenvalue weighted by Gasteiger charge is -2.01. The number of benzene rings is 1. The number of aromatic nitrogens is 2. The van der Waals surface area contributed by atoms with Crippen LogP contribution in [0.5, 0.6) is 0 Å². The number of hydrogen-bond donors (Lipinski definition) is 2. The number of rotatable bonds is 3. The number of anilines is 1. The Labute approximate surface area is 119 Å². The molecule has 21 heavy (non-hydrogen) atoms. The molecular formula is C15H12FN3O2. The number of furan rings is 1. The number of nitrogens with zero attached hydrogens (tertiary/aromatic N) is 1. The maximum Gasteiger partial charge on any atom is 0.276 e. The predicted molar refractivity (Wildman–Crippen MR) is 75.4 cm³/mol. The summed E-state index contributed by atoms with van der Waals surface area (Å²) in [6.07, 6.45) is 0. The van der Waals surface area contributed by atoms with Crippen molar-refractivity contribution in [1.29, 1.82) is 0 Å². The van der Waals surface area contributed by atoms with Crippen LogP contribution in [-0.2, 0) is 0 Å². The first kappa shape index (κ1) is 13.1. The molecule has 0 bridgehead atoms. The second-order valence-electron chi connectivity index (χ2n) is 4.54. The minimum Gasteiger partial charge on any atom is -0.460 e. The van der Waals surface area contributed by atoms with Crippen LogP contribution in [0.15, 0.2) is 46.9 Å². The van der Waals surface area contributed by atoms with Gasteiger partial charge < -0.3 is 9.73 Å². The molecule has 0 atom stereocenters. The van der Waals surface area contributed by atoms with E-state index in [0.29, 0.717) is 17.1 Å². The van der Waals surface area contributed by atoms with Crippen molar-refractivity contribution in [3.05, 3.63) is 59.7 Å². The smallest absolute Gasteiger partial charge is 0.276 e. The highest BCUT2D eigenvalue weighted by Gasteiger charge is 2.13. The van der Waals surface area contributed by atoms with Crippen molar-refractivity contribution in [2.75, 3.05) is 5.32 Å². The molecule has 6 heteroatoms. The highest BCUT2D eigenvalue weighted by molar-refractivity contribution is 6.03. The number of H-pyrrole nitrogens is 1. The Hall–Kier alpha value is -2.89. The summed E-state index contributed by atoms with van der Waals surface area (Å²) in [6, 6.07) is 10.7. The average Bonchev–Trinajstić information content (AvgIpc) is 3.10. The van der Waals surface area contributed by atoms with Crippen LogP contribution in [0.4, 0.5) is 10.1 Å². The van der Waals surface area contributed by atoms with E-state index >= 15 is 0 Å². The van der Waals surface area contributed by atoms with Crippen LogP contribution in [-0.4, -0.2) is 16.1 Å². The topological polar surface area (TPSA) is 70.9 Å². The molecule has 0 unspecified atom stereocenters. The maximum atomic E-state index is 12.8. The van der Waals surface area contributed by atoms with Gasteiger partial charge in [0.2, 0.25) is 0 Å². The van der Waals surface area contributed by atoms with Crippen LogP contribution in [0.1, 0.15) is 16.2 Å². The van der Waals surface area contributed by atoms with Crippen molar-refractivity contribution in [2.45, 2.75) is 6.92 Å². The number of amides is 1. The third kappa shape index (κ3) is 2.84. The first-order valence-electron chi connectivity index (χ1n) is 6.31. The highest BCUT2D eigenvalue weighted by Crippen LogP contribution is 2.20. The zero-order valence-corrected chi connectivity index (χ0v) is 11.2. The molecular weight excluding hydrogens is 273 g/mol. The van der Waals surface area contributed by atoms with Crippen molar-refractivity contribution >= 4 is 11.6 Å². The molecule has 3 rings (SSSR count). The molecule has 2 N–H and O–H groups in total. The van der Waals surface area contributed by atoms with Gasteiger partial charge in [0.05, 0.1) is 0 Å².